The van der Waals surface area contributed by atoms with Gasteiger partial charge in [-0.25, -0.2) is 0 Å². The Labute approximate surface area is 60.8 Å². The number of hydrogen-bond donors (Lipinski definition) is 1. The first kappa shape index (κ1) is 6.59. The van der Waals surface area contributed by atoms with E-state index in [0.29, 0.717) is 10.8 Å². The molecule has 0 aromatic heterocycles. The van der Waals surface area contributed by atoms with E-state index in [1.165, 1.54) is 19.3 Å². The molecule has 0 aliphatic heterocycles. The lowest BCUT2D eigenvalue weighted by Gasteiger charge is -2.71. The Balaban J connectivity index is 1.86. The predicted octanol–water partition coefficient (Wildman–Crippen LogP) is 1.48. The van der Waals surface area contributed by atoms with Crippen molar-refractivity contribution in [2.45, 2.75) is 25.7 Å². The lowest BCUT2D eigenvalue weighted by Crippen LogP contribution is -2.64. The fourth-order valence-corrected chi connectivity index (χ4v) is 2.91. The maximum Gasteiger partial charge on any atom is 0.0899 e. The van der Waals surface area contributed by atoms with Gasteiger partial charge in [-0.1, -0.05) is 0 Å². The molecule has 2 heteroatoms. The molecule has 0 aromatic carbocycles. The Hall–Kier alpha value is -0.110. The first-order valence-corrected chi connectivity index (χ1v) is 4.00. The topological polar surface area (TPSA) is 26.0 Å². The SMILES string of the molecule is NCC12CC(CCF)(C1)C2. The summed E-state index contributed by atoms with van der Waals surface area (Å²) in [6.07, 6.45) is 4.41. The van der Waals surface area contributed by atoms with Crippen LogP contribution in [0.25, 0.3) is 0 Å². The van der Waals surface area contributed by atoms with Gasteiger partial charge in [0.1, 0.15) is 0 Å². The van der Waals surface area contributed by atoms with Crippen LogP contribution in [0, 0.1) is 10.8 Å². The number of rotatable bonds is 3. The van der Waals surface area contributed by atoms with Crippen LogP contribution >= 0.6 is 0 Å². The summed E-state index contributed by atoms with van der Waals surface area (Å²) in [6.45, 7) is 0.682. The van der Waals surface area contributed by atoms with Gasteiger partial charge in [0.25, 0.3) is 0 Å². The van der Waals surface area contributed by atoms with Crippen molar-refractivity contribution >= 4 is 0 Å². The van der Waals surface area contributed by atoms with Crippen molar-refractivity contribution in [1.82, 2.24) is 0 Å². The van der Waals surface area contributed by atoms with Gasteiger partial charge < -0.3 is 5.73 Å². The Morgan fingerprint density at radius 1 is 1.20 bits per heavy atom. The molecule has 58 valence electrons. The van der Waals surface area contributed by atoms with Crippen molar-refractivity contribution in [2.24, 2.45) is 16.6 Å². The lowest BCUT2D eigenvalue weighted by molar-refractivity contribution is -0.201. The minimum atomic E-state index is -0.138. The van der Waals surface area contributed by atoms with E-state index >= 15 is 0 Å². The monoisotopic (exact) mass is 143 g/mol. The highest BCUT2D eigenvalue weighted by Crippen LogP contribution is 2.74. The molecule has 0 atom stereocenters. The molecule has 2 bridgehead atoms. The van der Waals surface area contributed by atoms with Crippen molar-refractivity contribution in [3.8, 4) is 0 Å². The van der Waals surface area contributed by atoms with Gasteiger partial charge in [-0.3, -0.25) is 4.39 Å². The summed E-state index contributed by atoms with van der Waals surface area (Å²) in [5.74, 6) is 0. The van der Waals surface area contributed by atoms with Crippen LogP contribution in [-0.4, -0.2) is 13.2 Å². The molecule has 3 rings (SSSR count). The zero-order valence-corrected chi connectivity index (χ0v) is 6.20. The first-order valence-electron chi connectivity index (χ1n) is 4.00. The molecule has 0 heterocycles. The van der Waals surface area contributed by atoms with Crippen LogP contribution in [0.1, 0.15) is 25.7 Å². The molecular formula is C8H14FN. The highest BCUT2D eigenvalue weighted by molar-refractivity contribution is 5.16. The average Bonchev–Trinajstić information content (AvgIpc) is 1.74. The van der Waals surface area contributed by atoms with E-state index in [2.05, 4.69) is 0 Å². The maximum atomic E-state index is 11.9. The summed E-state index contributed by atoms with van der Waals surface area (Å²) in [4.78, 5) is 0. The second-order valence-electron chi connectivity index (χ2n) is 4.17. The molecule has 3 aliphatic rings. The molecule has 0 saturated heterocycles. The minimum absolute atomic E-state index is 0.138. The molecule has 3 fully saturated rings. The molecule has 10 heavy (non-hydrogen) atoms. The average molecular weight is 143 g/mol. The Morgan fingerprint density at radius 2 is 1.80 bits per heavy atom. The number of nitrogens with two attached hydrogens (primary N) is 1. The van der Waals surface area contributed by atoms with Crippen LogP contribution in [0.3, 0.4) is 0 Å². The van der Waals surface area contributed by atoms with E-state index in [1.54, 1.807) is 0 Å². The molecule has 0 unspecified atom stereocenters. The smallest absolute Gasteiger partial charge is 0.0899 e. The highest BCUT2D eigenvalue weighted by Gasteiger charge is 2.65. The van der Waals surface area contributed by atoms with Crippen molar-refractivity contribution < 1.29 is 4.39 Å². The van der Waals surface area contributed by atoms with Gasteiger partial charge in [0, 0.05) is 0 Å². The van der Waals surface area contributed by atoms with Crippen LogP contribution < -0.4 is 5.73 Å². The summed E-state index contributed by atoms with van der Waals surface area (Å²) in [7, 11) is 0. The van der Waals surface area contributed by atoms with Crippen LogP contribution in [-0.2, 0) is 0 Å². The Bertz CT molecular complexity index is 136. The van der Waals surface area contributed by atoms with E-state index in [1.807, 2.05) is 0 Å². The number of alkyl halides is 1. The van der Waals surface area contributed by atoms with Gasteiger partial charge in [-0.2, -0.15) is 0 Å². The fraction of sp³-hybridized carbons (Fsp3) is 1.00. The molecule has 0 radical (unpaired) electrons. The van der Waals surface area contributed by atoms with E-state index in [9.17, 15) is 4.39 Å². The molecule has 1 nitrogen and oxygen atoms in total. The molecule has 3 aliphatic carbocycles. The Morgan fingerprint density at radius 3 is 2.20 bits per heavy atom. The fourth-order valence-electron chi connectivity index (χ4n) is 2.91. The molecule has 0 aromatic rings. The molecule has 2 N–H and O–H groups in total. The predicted molar refractivity (Wildman–Crippen MR) is 38.4 cm³/mol. The largest absolute Gasteiger partial charge is 0.330 e. The van der Waals surface area contributed by atoms with E-state index < -0.39 is 0 Å². The Kier molecular flexibility index (Phi) is 1.14. The summed E-state index contributed by atoms with van der Waals surface area (Å²) in [5.41, 5.74) is 6.47. The summed E-state index contributed by atoms with van der Waals surface area (Å²) in [5, 5.41) is 0. The van der Waals surface area contributed by atoms with Crippen LogP contribution in [0.4, 0.5) is 4.39 Å². The quantitative estimate of drug-likeness (QED) is 0.636. The molecule has 0 amide bonds. The summed E-state index contributed by atoms with van der Waals surface area (Å²) in [6, 6.07) is 0. The third-order valence-electron chi connectivity index (χ3n) is 3.31. The zero-order chi connectivity index (χ0) is 7.24. The van der Waals surface area contributed by atoms with Crippen LogP contribution in [0.2, 0.25) is 0 Å². The number of halogens is 1. The van der Waals surface area contributed by atoms with Gasteiger partial charge in [0.2, 0.25) is 0 Å². The third kappa shape index (κ3) is 0.605. The van der Waals surface area contributed by atoms with Crippen molar-refractivity contribution in [3.63, 3.8) is 0 Å². The van der Waals surface area contributed by atoms with Crippen molar-refractivity contribution in [3.05, 3.63) is 0 Å². The van der Waals surface area contributed by atoms with E-state index in [-0.39, 0.29) is 6.67 Å². The van der Waals surface area contributed by atoms with E-state index in [4.69, 9.17) is 5.73 Å². The van der Waals surface area contributed by atoms with Gasteiger partial charge in [-0.15, -0.1) is 0 Å². The summed E-state index contributed by atoms with van der Waals surface area (Å²) >= 11 is 0. The minimum Gasteiger partial charge on any atom is -0.330 e. The summed E-state index contributed by atoms with van der Waals surface area (Å²) < 4.78 is 11.9. The van der Waals surface area contributed by atoms with Crippen LogP contribution in [0.15, 0.2) is 0 Å². The molecule has 3 saturated carbocycles. The zero-order valence-electron chi connectivity index (χ0n) is 6.20. The highest BCUT2D eigenvalue weighted by atomic mass is 19.1. The van der Waals surface area contributed by atoms with Crippen molar-refractivity contribution in [2.75, 3.05) is 13.2 Å². The lowest BCUT2D eigenvalue weighted by atomic mass is 9.34. The second kappa shape index (κ2) is 1.73. The van der Waals surface area contributed by atoms with Gasteiger partial charge in [0.15, 0.2) is 0 Å². The first-order chi connectivity index (χ1) is 4.74. The number of hydrogen-bond acceptors (Lipinski definition) is 1. The maximum absolute atomic E-state index is 11.9. The van der Waals surface area contributed by atoms with Gasteiger partial charge in [0.05, 0.1) is 6.67 Å². The van der Waals surface area contributed by atoms with Gasteiger partial charge in [-0.05, 0) is 43.1 Å². The normalized spacial score (nSPS) is 49.8. The molecule has 0 spiro atoms. The van der Waals surface area contributed by atoms with Crippen LogP contribution in [0.5, 0.6) is 0 Å². The standard InChI is InChI=1S/C8H14FN/c9-2-1-7-3-8(4-7,5-7)6-10/h1-6,10H2. The molecular weight excluding hydrogens is 129 g/mol. The third-order valence-corrected chi connectivity index (χ3v) is 3.31. The van der Waals surface area contributed by atoms with Gasteiger partial charge >= 0.3 is 0 Å². The van der Waals surface area contributed by atoms with Crippen molar-refractivity contribution in [1.29, 1.82) is 0 Å². The van der Waals surface area contributed by atoms with E-state index in [0.717, 1.165) is 13.0 Å². The second-order valence-corrected chi connectivity index (χ2v) is 4.17.